The fraction of sp³-hybridized carbons (Fsp3) is 0.765. The number of aliphatic carboxylic acids is 1. The average molecular weight is 370 g/mol. The van der Waals surface area contributed by atoms with Crippen molar-refractivity contribution in [3.8, 4) is 0 Å². The predicted octanol–water partition coefficient (Wildman–Crippen LogP) is 1.94. The van der Waals surface area contributed by atoms with Crippen molar-refractivity contribution in [3.05, 3.63) is 0 Å². The predicted molar refractivity (Wildman–Crippen MR) is 90.7 cm³/mol. The number of carboxylic acids is 1. The van der Waals surface area contributed by atoms with E-state index in [9.17, 15) is 14.4 Å². The van der Waals surface area contributed by atoms with E-state index in [4.69, 9.17) is 19.4 Å². The minimum absolute atomic E-state index is 0.000922. The monoisotopic (exact) mass is 370 g/mol. The summed E-state index contributed by atoms with van der Waals surface area (Å²) in [5.74, 6) is -1.78. The normalized spacial score (nSPS) is 25.7. The number of hydrogen-bond acceptors (Lipinski definition) is 7. The Hall–Kier alpha value is -2.32. The van der Waals surface area contributed by atoms with Crippen LogP contribution in [-0.4, -0.2) is 63.1 Å². The molecule has 2 atom stereocenters. The van der Waals surface area contributed by atoms with Crippen LogP contribution in [0.15, 0.2) is 5.16 Å². The van der Waals surface area contributed by atoms with E-state index in [1.54, 1.807) is 41.5 Å². The number of nitrogens with zero attached hydrogens (tertiary/aromatic N) is 2. The summed E-state index contributed by atoms with van der Waals surface area (Å²) in [6.45, 7) is 10.3. The van der Waals surface area contributed by atoms with E-state index in [1.165, 1.54) is 4.90 Å². The molecule has 2 aliphatic rings. The minimum atomic E-state index is -1.19. The molecule has 0 aromatic heterocycles. The highest BCUT2D eigenvalue weighted by molar-refractivity contribution is 6.36. The molecule has 2 heterocycles. The quantitative estimate of drug-likeness (QED) is 0.739. The van der Waals surface area contributed by atoms with E-state index >= 15 is 0 Å². The summed E-state index contributed by atoms with van der Waals surface area (Å²) in [6, 6.07) is -0.938. The van der Waals surface area contributed by atoms with Gasteiger partial charge < -0.3 is 19.4 Å². The van der Waals surface area contributed by atoms with Crippen LogP contribution in [0, 0.1) is 0 Å². The van der Waals surface area contributed by atoms with E-state index < -0.39 is 40.9 Å². The fourth-order valence-electron chi connectivity index (χ4n) is 2.87. The molecule has 1 amide bonds. The smallest absolute Gasteiger partial charge is 0.411 e. The Kier molecular flexibility index (Phi) is 4.95. The molecular formula is C17H26N2O7. The number of amides is 1. The molecule has 0 aromatic carbocycles. The van der Waals surface area contributed by atoms with Crippen molar-refractivity contribution in [1.29, 1.82) is 0 Å². The number of likely N-dealkylation sites (tertiary alicyclic amines) is 1. The highest BCUT2D eigenvalue weighted by Gasteiger charge is 2.56. The van der Waals surface area contributed by atoms with Crippen LogP contribution < -0.4 is 0 Å². The number of esters is 1. The van der Waals surface area contributed by atoms with Crippen LogP contribution in [0.2, 0.25) is 0 Å². The van der Waals surface area contributed by atoms with Crippen molar-refractivity contribution in [2.45, 2.75) is 77.2 Å². The lowest BCUT2D eigenvalue weighted by Crippen LogP contribution is -2.46. The topological polar surface area (TPSA) is 115 Å². The van der Waals surface area contributed by atoms with Crippen molar-refractivity contribution in [2.75, 3.05) is 6.54 Å². The lowest BCUT2D eigenvalue weighted by molar-refractivity contribution is -0.160. The van der Waals surface area contributed by atoms with Crippen molar-refractivity contribution in [2.24, 2.45) is 5.16 Å². The second kappa shape index (κ2) is 6.44. The molecule has 1 spiro atoms. The molecule has 146 valence electrons. The van der Waals surface area contributed by atoms with E-state index in [1.807, 2.05) is 0 Å². The van der Waals surface area contributed by atoms with Gasteiger partial charge in [0, 0.05) is 12.8 Å². The Morgan fingerprint density at radius 1 is 1.15 bits per heavy atom. The molecule has 0 aliphatic carbocycles. The van der Waals surface area contributed by atoms with Crippen LogP contribution in [0.4, 0.5) is 4.79 Å². The first-order chi connectivity index (χ1) is 11.7. The van der Waals surface area contributed by atoms with Gasteiger partial charge in [0.15, 0.2) is 11.3 Å². The van der Waals surface area contributed by atoms with Crippen molar-refractivity contribution in [1.82, 2.24) is 4.90 Å². The number of ether oxygens (including phenoxy) is 2. The highest BCUT2D eigenvalue weighted by atomic mass is 16.7. The Morgan fingerprint density at radius 3 is 2.19 bits per heavy atom. The maximum atomic E-state index is 12.6. The van der Waals surface area contributed by atoms with E-state index in [2.05, 4.69) is 5.16 Å². The molecule has 0 aromatic rings. The molecule has 1 saturated heterocycles. The Morgan fingerprint density at radius 2 is 1.73 bits per heavy atom. The first kappa shape index (κ1) is 20.0. The number of oxime groups is 1. The van der Waals surface area contributed by atoms with Gasteiger partial charge in [0.25, 0.3) is 0 Å². The first-order valence-electron chi connectivity index (χ1n) is 8.42. The molecule has 2 aliphatic heterocycles. The summed E-state index contributed by atoms with van der Waals surface area (Å²) in [4.78, 5) is 42.9. The zero-order valence-electron chi connectivity index (χ0n) is 16.0. The number of hydrogen-bond donors (Lipinski definition) is 1. The van der Waals surface area contributed by atoms with Crippen molar-refractivity contribution >= 4 is 23.7 Å². The number of carbonyl (C=O) groups is 3. The van der Waals surface area contributed by atoms with Gasteiger partial charge in [-0.2, -0.15) is 0 Å². The molecule has 1 fully saturated rings. The summed E-state index contributed by atoms with van der Waals surface area (Å²) in [5.41, 5.74) is -2.68. The Labute approximate surface area is 152 Å². The zero-order valence-corrected chi connectivity index (χ0v) is 16.0. The maximum absolute atomic E-state index is 12.6. The van der Waals surface area contributed by atoms with Crippen LogP contribution in [0.3, 0.4) is 0 Å². The van der Waals surface area contributed by atoms with Crippen LogP contribution >= 0.6 is 0 Å². The molecule has 1 N–H and O–H groups in total. The molecule has 0 saturated carbocycles. The molecule has 2 unspecified atom stereocenters. The van der Waals surface area contributed by atoms with Crippen LogP contribution in [0.1, 0.15) is 54.4 Å². The van der Waals surface area contributed by atoms with Gasteiger partial charge in [-0.15, -0.1) is 0 Å². The van der Waals surface area contributed by atoms with Crippen LogP contribution in [0.25, 0.3) is 0 Å². The van der Waals surface area contributed by atoms with Gasteiger partial charge in [-0.1, -0.05) is 5.16 Å². The van der Waals surface area contributed by atoms with Crippen LogP contribution in [0.5, 0.6) is 0 Å². The second-order valence-electron chi connectivity index (χ2n) is 8.66. The molecule has 9 heteroatoms. The lowest BCUT2D eigenvalue weighted by Gasteiger charge is -2.29. The van der Waals surface area contributed by atoms with Crippen LogP contribution in [-0.2, 0) is 23.9 Å². The van der Waals surface area contributed by atoms with Gasteiger partial charge >= 0.3 is 18.0 Å². The number of rotatable bonds is 2. The van der Waals surface area contributed by atoms with Gasteiger partial charge in [0.1, 0.15) is 17.2 Å². The molecule has 26 heavy (non-hydrogen) atoms. The SMILES string of the molecule is CC(C)(C)OC(=O)C1CC2(CC(C(=O)O)=NO2)CN1C(=O)OC(C)(C)C. The molecule has 9 nitrogen and oxygen atoms in total. The molecular weight excluding hydrogens is 344 g/mol. The standard InChI is InChI=1S/C17H26N2O7/c1-15(2,3)24-13(22)11-8-17(7-10(12(20)21)18-26-17)9-19(11)14(23)25-16(4,5)6/h11H,7-9H2,1-6H3,(H,20,21). The maximum Gasteiger partial charge on any atom is 0.411 e. The van der Waals surface area contributed by atoms with Gasteiger partial charge in [0.2, 0.25) is 0 Å². The van der Waals surface area contributed by atoms with E-state index in [0.717, 1.165) is 0 Å². The van der Waals surface area contributed by atoms with Crippen molar-refractivity contribution < 1.29 is 33.8 Å². The van der Waals surface area contributed by atoms with E-state index in [0.29, 0.717) is 0 Å². The summed E-state index contributed by atoms with van der Waals surface area (Å²) < 4.78 is 10.8. The summed E-state index contributed by atoms with van der Waals surface area (Å²) in [5, 5.41) is 12.7. The minimum Gasteiger partial charge on any atom is -0.477 e. The third-order valence-electron chi connectivity index (χ3n) is 3.79. The largest absolute Gasteiger partial charge is 0.477 e. The zero-order chi connectivity index (χ0) is 19.9. The Bertz CT molecular complexity index is 606. The average Bonchev–Trinajstić information content (AvgIpc) is 3.00. The first-order valence-corrected chi connectivity index (χ1v) is 8.42. The molecule has 0 radical (unpaired) electrons. The molecule has 2 rings (SSSR count). The lowest BCUT2D eigenvalue weighted by atomic mass is 9.94. The Balaban J connectivity index is 2.23. The highest BCUT2D eigenvalue weighted by Crippen LogP contribution is 2.39. The van der Waals surface area contributed by atoms with E-state index in [-0.39, 0.29) is 25.1 Å². The number of carbonyl (C=O) groups excluding carboxylic acids is 2. The third-order valence-corrected chi connectivity index (χ3v) is 3.79. The fourth-order valence-corrected chi connectivity index (χ4v) is 2.87. The second-order valence-corrected chi connectivity index (χ2v) is 8.66. The van der Waals surface area contributed by atoms with Gasteiger partial charge in [-0.05, 0) is 41.5 Å². The van der Waals surface area contributed by atoms with Crippen molar-refractivity contribution in [3.63, 3.8) is 0 Å². The van der Waals surface area contributed by atoms with Gasteiger partial charge in [0.05, 0.1) is 6.54 Å². The van der Waals surface area contributed by atoms with Gasteiger partial charge in [-0.25, -0.2) is 14.4 Å². The summed E-state index contributed by atoms with van der Waals surface area (Å²) in [7, 11) is 0. The number of carboxylic acid groups (broad SMARTS) is 1. The molecule has 0 bridgehead atoms. The summed E-state index contributed by atoms with van der Waals surface area (Å²) >= 11 is 0. The summed E-state index contributed by atoms with van der Waals surface area (Å²) in [6.07, 6.45) is -0.597. The third kappa shape index (κ3) is 4.64. The van der Waals surface area contributed by atoms with Gasteiger partial charge in [-0.3, -0.25) is 4.90 Å².